The van der Waals surface area contributed by atoms with Crippen LogP contribution in [0.2, 0.25) is 0 Å². The Hall–Kier alpha value is -2.76. The van der Waals surface area contributed by atoms with Crippen molar-refractivity contribution in [2.75, 3.05) is 18.2 Å². The van der Waals surface area contributed by atoms with Crippen molar-refractivity contribution in [1.29, 1.82) is 0 Å². The van der Waals surface area contributed by atoms with Crippen LogP contribution in [-0.2, 0) is 6.54 Å². The summed E-state index contributed by atoms with van der Waals surface area (Å²) in [5.41, 5.74) is 7.64. The Morgan fingerprint density at radius 3 is 2.80 bits per heavy atom. The van der Waals surface area contributed by atoms with Crippen molar-refractivity contribution in [2.45, 2.75) is 6.54 Å². The van der Waals surface area contributed by atoms with Gasteiger partial charge in [0, 0.05) is 18.8 Å². The Bertz CT molecular complexity index is 612. The monoisotopic (exact) mass is 273 g/mol. The quantitative estimate of drug-likeness (QED) is 0.721. The van der Waals surface area contributed by atoms with Crippen LogP contribution in [0.3, 0.4) is 0 Å². The largest absolute Gasteiger partial charge is 0.481 e. The molecule has 0 saturated heterocycles. The maximum atomic E-state index is 11.0. The first kappa shape index (κ1) is 13.7. The van der Waals surface area contributed by atoms with Gasteiger partial charge in [-0.1, -0.05) is 12.1 Å². The molecule has 0 fully saturated rings. The average Bonchev–Trinajstić information content (AvgIpc) is 2.46. The maximum Gasteiger partial charge on any atom is 0.337 e. The molecule has 0 atom stereocenters. The third-order valence-electron chi connectivity index (χ3n) is 2.83. The minimum Gasteiger partial charge on any atom is -0.481 e. The van der Waals surface area contributed by atoms with Crippen molar-refractivity contribution >= 4 is 17.3 Å². The Balaban J connectivity index is 2.10. The molecule has 6 heteroatoms. The number of rotatable bonds is 5. The molecule has 4 N–H and O–H groups in total. The number of aromatic carboxylic acids is 1. The van der Waals surface area contributed by atoms with Crippen molar-refractivity contribution in [3.8, 4) is 5.88 Å². The highest BCUT2D eigenvalue weighted by atomic mass is 16.5. The van der Waals surface area contributed by atoms with E-state index in [4.69, 9.17) is 15.6 Å². The number of aromatic nitrogens is 1. The summed E-state index contributed by atoms with van der Waals surface area (Å²) in [6, 6.07) is 8.48. The summed E-state index contributed by atoms with van der Waals surface area (Å²) in [5.74, 6) is -0.501. The SMILES string of the molecule is COc1ccc(CNc2cccc(C(=O)O)c2N)cn1. The predicted octanol–water partition coefficient (Wildman–Crippen LogP) is 1.98. The lowest BCUT2D eigenvalue weighted by atomic mass is 10.1. The summed E-state index contributed by atoms with van der Waals surface area (Å²) < 4.78 is 4.98. The van der Waals surface area contributed by atoms with Gasteiger partial charge in [-0.15, -0.1) is 0 Å². The minimum atomic E-state index is -1.04. The van der Waals surface area contributed by atoms with Gasteiger partial charge in [0.1, 0.15) is 0 Å². The van der Waals surface area contributed by atoms with E-state index in [-0.39, 0.29) is 11.3 Å². The van der Waals surface area contributed by atoms with Crippen molar-refractivity contribution in [3.63, 3.8) is 0 Å². The molecule has 0 radical (unpaired) electrons. The lowest BCUT2D eigenvalue weighted by molar-refractivity contribution is 0.0698. The summed E-state index contributed by atoms with van der Waals surface area (Å²) in [7, 11) is 1.55. The van der Waals surface area contributed by atoms with Gasteiger partial charge >= 0.3 is 5.97 Å². The number of carboxylic acids is 1. The molecule has 0 amide bonds. The number of para-hydroxylation sites is 1. The normalized spacial score (nSPS) is 10.1. The van der Waals surface area contributed by atoms with Crippen LogP contribution in [0.5, 0.6) is 5.88 Å². The molecule has 20 heavy (non-hydrogen) atoms. The number of nitrogen functional groups attached to an aromatic ring is 1. The van der Waals surface area contributed by atoms with E-state index in [1.807, 2.05) is 6.07 Å². The molecule has 0 aliphatic heterocycles. The second-order valence-corrected chi connectivity index (χ2v) is 4.13. The zero-order chi connectivity index (χ0) is 14.5. The summed E-state index contributed by atoms with van der Waals surface area (Å²) >= 11 is 0. The molecule has 104 valence electrons. The fourth-order valence-electron chi connectivity index (χ4n) is 1.74. The molecule has 0 saturated carbocycles. The van der Waals surface area contributed by atoms with Gasteiger partial charge in [0.15, 0.2) is 0 Å². The smallest absolute Gasteiger partial charge is 0.337 e. The van der Waals surface area contributed by atoms with Crippen LogP contribution in [0.4, 0.5) is 11.4 Å². The molecule has 2 rings (SSSR count). The molecule has 0 aliphatic rings. The summed E-state index contributed by atoms with van der Waals surface area (Å²) in [6.45, 7) is 0.490. The number of pyridine rings is 1. The lowest BCUT2D eigenvalue weighted by Crippen LogP contribution is -2.07. The van der Waals surface area contributed by atoms with Crippen LogP contribution >= 0.6 is 0 Å². The minimum absolute atomic E-state index is 0.0860. The Labute approximate surface area is 116 Å². The number of nitrogens with one attached hydrogen (secondary N) is 1. The van der Waals surface area contributed by atoms with Gasteiger partial charge in [-0.3, -0.25) is 0 Å². The third-order valence-corrected chi connectivity index (χ3v) is 2.83. The number of anilines is 2. The number of nitrogens with zero attached hydrogens (tertiary/aromatic N) is 1. The molecular weight excluding hydrogens is 258 g/mol. The first-order valence-corrected chi connectivity index (χ1v) is 5.96. The van der Waals surface area contributed by atoms with E-state index in [0.29, 0.717) is 18.1 Å². The molecule has 0 unspecified atom stereocenters. The molecular formula is C14H15N3O3. The maximum absolute atomic E-state index is 11.0. The van der Waals surface area contributed by atoms with Gasteiger partial charge in [0.25, 0.3) is 0 Å². The standard InChI is InChI=1S/C14H15N3O3/c1-20-12-6-5-9(8-17-12)7-16-11-4-2-3-10(13(11)15)14(18)19/h2-6,8,16H,7,15H2,1H3,(H,18,19). The number of methoxy groups -OCH3 is 1. The van der Waals surface area contributed by atoms with Crippen molar-refractivity contribution in [3.05, 3.63) is 47.7 Å². The van der Waals surface area contributed by atoms with Crippen LogP contribution in [0.25, 0.3) is 0 Å². The second kappa shape index (κ2) is 5.92. The van der Waals surface area contributed by atoms with E-state index in [9.17, 15) is 4.79 Å². The van der Waals surface area contributed by atoms with Crippen LogP contribution in [0.1, 0.15) is 15.9 Å². The summed E-state index contributed by atoms with van der Waals surface area (Å²) in [5, 5.41) is 12.1. The molecule has 2 aromatic rings. The average molecular weight is 273 g/mol. The summed E-state index contributed by atoms with van der Waals surface area (Å²) in [6.07, 6.45) is 1.68. The van der Waals surface area contributed by atoms with Crippen LogP contribution in [0, 0.1) is 0 Å². The Kier molecular flexibility index (Phi) is 4.05. The van der Waals surface area contributed by atoms with Gasteiger partial charge in [0.2, 0.25) is 5.88 Å². The lowest BCUT2D eigenvalue weighted by Gasteiger charge is -2.11. The van der Waals surface area contributed by atoms with Crippen molar-refractivity contribution in [2.24, 2.45) is 0 Å². The van der Waals surface area contributed by atoms with Crippen LogP contribution in [0.15, 0.2) is 36.5 Å². The molecule has 6 nitrogen and oxygen atoms in total. The Morgan fingerprint density at radius 1 is 1.40 bits per heavy atom. The van der Waals surface area contributed by atoms with Gasteiger partial charge in [-0.25, -0.2) is 9.78 Å². The van der Waals surface area contributed by atoms with Gasteiger partial charge in [0.05, 0.1) is 24.0 Å². The van der Waals surface area contributed by atoms with Crippen molar-refractivity contribution in [1.82, 2.24) is 4.98 Å². The van der Waals surface area contributed by atoms with E-state index >= 15 is 0 Å². The first-order chi connectivity index (χ1) is 9.61. The zero-order valence-electron chi connectivity index (χ0n) is 11.0. The Morgan fingerprint density at radius 2 is 2.20 bits per heavy atom. The number of benzene rings is 1. The van der Waals surface area contributed by atoms with E-state index in [1.165, 1.54) is 6.07 Å². The number of carbonyl (C=O) groups is 1. The van der Waals surface area contributed by atoms with Crippen LogP contribution < -0.4 is 15.8 Å². The molecule has 1 aromatic carbocycles. The van der Waals surface area contributed by atoms with E-state index in [2.05, 4.69) is 10.3 Å². The van der Waals surface area contributed by atoms with E-state index < -0.39 is 5.97 Å². The fourth-order valence-corrected chi connectivity index (χ4v) is 1.74. The van der Waals surface area contributed by atoms with Crippen molar-refractivity contribution < 1.29 is 14.6 Å². The predicted molar refractivity (Wildman–Crippen MR) is 75.9 cm³/mol. The van der Waals surface area contributed by atoms with Gasteiger partial charge in [-0.2, -0.15) is 0 Å². The fraction of sp³-hybridized carbons (Fsp3) is 0.143. The molecule has 0 aliphatic carbocycles. The highest BCUT2D eigenvalue weighted by Gasteiger charge is 2.10. The van der Waals surface area contributed by atoms with Gasteiger partial charge < -0.3 is 20.9 Å². The molecule has 0 spiro atoms. The number of hydrogen-bond donors (Lipinski definition) is 3. The number of carboxylic acid groups (broad SMARTS) is 1. The van der Waals surface area contributed by atoms with E-state index in [0.717, 1.165) is 5.56 Å². The van der Waals surface area contributed by atoms with E-state index in [1.54, 1.807) is 31.5 Å². The number of ether oxygens (including phenoxy) is 1. The number of nitrogens with two attached hydrogens (primary N) is 1. The molecule has 0 bridgehead atoms. The highest BCUT2D eigenvalue weighted by Crippen LogP contribution is 2.23. The molecule has 1 heterocycles. The zero-order valence-corrected chi connectivity index (χ0v) is 11.0. The van der Waals surface area contributed by atoms with Crippen LogP contribution in [-0.4, -0.2) is 23.2 Å². The second-order valence-electron chi connectivity index (χ2n) is 4.13. The number of hydrogen-bond acceptors (Lipinski definition) is 5. The molecule has 1 aromatic heterocycles. The van der Waals surface area contributed by atoms with Gasteiger partial charge in [-0.05, 0) is 17.7 Å². The third kappa shape index (κ3) is 2.97. The topological polar surface area (TPSA) is 97.5 Å². The summed E-state index contributed by atoms with van der Waals surface area (Å²) in [4.78, 5) is 15.1. The highest BCUT2D eigenvalue weighted by molar-refractivity contribution is 5.97. The first-order valence-electron chi connectivity index (χ1n) is 5.96.